The highest BCUT2D eigenvalue weighted by Crippen LogP contribution is 2.27. The van der Waals surface area contributed by atoms with E-state index in [1.807, 2.05) is 55.6 Å². The summed E-state index contributed by atoms with van der Waals surface area (Å²) >= 11 is 0. The maximum absolute atomic E-state index is 12.9. The molecule has 1 amide bonds. The molecule has 0 aliphatic carbocycles. The first-order valence-corrected chi connectivity index (χ1v) is 10.8. The van der Waals surface area contributed by atoms with Crippen LogP contribution in [0.3, 0.4) is 0 Å². The third kappa shape index (κ3) is 3.98. The molecule has 5 aromatic rings. The van der Waals surface area contributed by atoms with Crippen LogP contribution in [0, 0.1) is 0 Å². The van der Waals surface area contributed by atoms with Crippen molar-refractivity contribution in [3.05, 3.63) is 71.8 Å². The third-order valence-electron chi connectivity index (χ3n) is 5.64. The summed E-state index contributed by atoms with van der Waals surface area (Å²) in [6, 6.07) is 19.3. The van der Waals surface area contributed by atoms with Gasteiger partial charge >= 0.3 is 0 Å². The summed E-state index contributed by atoms with van der Waals surface area (Å²) in [6.07, 6.45) is 0. The standard InChI is InChI=1S/C25H25N7O/c1-14(2)17-6-4-5-7-19(17)28-25-29-20-11-8-15(12-22(20)30-25)24(33)27-16-9-10-18-21(13-16)31-32-23(18)26-3/h4-14H,1-3H3,(H,27,33)(H2,26,31,32)(H2,28,29,30). The summed E-state index contributed by atoms with van der Waals surface area (Å²) in [6.45, 7) is 4.32. The Labute approximate surface area is 190 Å². The summed E-state index contributed by atoms with van der Waals surface area (Å²) in [4.78, 5) is 20.8. The fraction of sp³-hybridized carbons (Fsp3) is 0.160. The molecule has 0 saturated carbocycles. The fourth-order valence-corrected chi connectivity index (χ4v) is 3.94. The Morgan fingerprint density at radius 2 is 1.85 bits per heavy atom. The van der Waals surface area contributed by atoms with Crippen molar-refractivity contribution >= 4 is 51.0 Å². The molecule has 0 atom stereocenters. The molecule has 5 N–H and O–H groups in total. The smallest absolute Gasteiger partial charge is 0.255 e. The first kappa shape index (κ1) is 20.6. The molecule has 8 nitrogen and oxygen atoms in total. The largest absolute Gasteiger partial charge is 0.371 e. The Morgan fingerprint density at radius 3 is 2.67 bits per heavy atom. The first-order valence-electron chi connectivity index (χ1n) is 10.8. The number of carbonyl (C=O) groups excluding carboxylic acids is 1. The molecule has 2 aromatic heterocycles. The molecule has 8 heteroatoms. The maximum atomic E-state index is 12.9. The topological polar surface area (TPSA) is 111 Å². The van der Waals surface area contributed by atoms with E-state index in [9.17, 15) is 4.79 Å². The number of nitrogens with one attached hydrogen (secondary N) is 5. The van der Waals surface area contributed by atoms with Crippen molar-refractivity contribution in [3.8, 4) is 0 Å². The summed E-state index contributed by atoms with van der Waals surface area (Å²) in [5.74, 6) is 1.60. The number of fused-ring (bicyclic) bond motifs is 2. The lowest BCUT2D eigenvalue weighted by atomic mass is 10.0. The highest BCUT2D eigenvalue weighted by Gasteiger charge is 2.12. The van der Waals surface area contributed by atoms with E-state index in [0.29, 0.717) is 23.1 Å². The Balaban J connectivity index is 1.37. The van der Waals surface area contributed by atoms with E-state index in [0.717, 1.165) is 33.4 Å². The van der Waals surface area contributed by atoms with E-state index in [1.54, 1.807) is 6.07 Å². The summed E-state index contributed by atoms with van der Waals surface area (Å²) in [7, 11) is 1.82. The van der Waals surface area contributed by atoms with Gasteiger partial charge in [-0.2, -0.15) is 5.10 Å². The number of imidazole rings is 1. The van der Waals surface area contributed by atoms with Crippen molar-refractivity contribution in [1.29, 1.82) is 0 Å². The molecule has 0 aliphatic heterocycles. The lowest BCUT2D eigenvalue weighted by Crippen LogP contribution is -2.11. The molecule has 3 aromatic carbocycles. The average Bonchev–Trinajstić information content (AvgIpc) is 3.41. The van der Waals surface area contributed by atoms with Crippen molar-refractivity contribution in [2.45, 2.75) is 19.8 Å². The van der Waals surface area contributed by atoms with E-state index in [1.165, 1.54) is 5.56 Å². The van der Waals surface area contributed by atoms with Crippen molar-refractivity contribution in [1.82, 2.24) is 20.2 Å². The zero-order valence-electron chi connectivity index (χ0n) is 18.7. The van der Waals surface area contributed by atoms with Gasteiger partial charge in [0.05, 0.1) is 16.6 Å². The van der Waals surface area contributed by atoms with Crippen molar-refractivity contribution in [2.75, 3.05) is 23.0 Å². The normalized spacial score (nSPS) is 11.3. The molecule has 0 spiro atoms. The summed E-state index contributed by atoms with van der Waals surface area (Å²) in [5, 5.41) is 17.5. The quantitative estimate of drug-likeness (QED) is 0.236. The second-order valence-corrected chi connectivity index (χ2v) is 8.22. The zero-order chi connectivity index (χ0) is 22.9. The van der Waals surface area contributed by atoms with Gasteiger partial charge in [-0.25, -0.2) is 4.98 Å². The van der Waals surface area contributed by atoms with Gasteiger partial charge < -0.3 is 20.9 Å². The molecule has 0 radical (unpaired) electrons. The monoisotopic (exact) mass is 439 g/mol. The highest BCUT2D eigenvalue weighted by molar-refractivity contribution is 6.07. The molecular weight excluding hydrogens is 414 g/mol. The van der Waals surface area contributed by atoms with Crippen LogP contribution in [-0.4, -0.2) is 33.1 Å². The molecule has 0 bridgehead atoms. The Bertz CT molecular complexity index is 1460. The number of carbonyl (C=O) groups is 1. The second kappa shape index (κ2) is 8.31. The summed E-state index contributed by atoms with van der Waals surface area (Å²) in [5.41, 5.74) is 5.88. The predicted octanol–water partition coefficient (Wildman–Crippen LogP) is 5.60. The van der Waals surface area contributed by atoms with Crippen LogP contribution in [0.2, 0.25) is 0 Å². The Morgan fingerprint density at radius 1 is 1.00 bits per heavy atom. The minimum atomic E-state index is -0.195. The van der Waals surface area contributed by atoms with Gasteiger partial charge in [-0.3, -0.25) is 9.89 Å². The molecular formula is C25H25N7O. The zero-order valence-corrected chi connectivity index (χ0v) is 18.7. The van der Waals surface area contributed by atoms with Crippen LogP contribution in [0.5, 0.6) is 0 Å². The highest BCUT2D eigenvalue weighted by atomic mass is 16.1. The van der Waals surface area contributed by atoms with Gasteiger partial charge in [0.2, 0.25) is 5.95 Å². The molecule has 0 saturated heterocycles. The van der Waals surface area contributed by atoms with Crippen LogP contribution in [0.15, 0.2) is 60.7 Å². The van der Waals surface area contributed by atoms with Gasteiger partial charge in [-0.1, -0.05) is 32.0 Å². The van der Waals surface area contributed by atoms with Crippen LogP contribution in [0.4, 0.5) is 23.1 Å². The van der Waals surface area contributed by atoms with E-state index in [2.05, 4.69) is 56.0 Å². The minimum absolute atomic E-state index is 0.195. The number of para-hydroxylation sites is 1. The van der Waals surface area contributed by atoms with Gasteiger partial charge in [-0.05, 0) is 53.9 Å². The number of hydrogen-bond acceptors (Lipinski definition) is 5. The van der Waals surface area contributed by atoms with Crippen molar-refractivity contribution in [3.63, 3.8) is 0 Å². The number of aromatic nitrogens is 4. The van der Waals surface area contributed by atoms with E-state index in [4.69, 9.17) is 0 Å². The van der Waals surface area contributed by atoms with Gasteiger partial charge in [0.1, 0.15) is 0 Å². The van der Waals surface area contributed by atoms with Gasteiger partial charge in [-0.15, -0.1) is 0 Å². The van der Waals surface area contributed by atoms with Gasteiger partial charge in [0.25, 0.3) is 5.91 Å². The Kier molecular flexibility index (Phi) is 5.18. The van der Waals surface area contributed by atoms with Crippen LogP contribution >= 0.6 is 0 Å². The maximum Gasteiger partial charge on any atom is 0.255 e. The SMILES string of the molecule is CNc1n[nH]c2cc(NC(=O)c3ccc4nc(Nc5ccccc5C(C)C)[nH]c4c3)ccc12. The molecule has 0 fully saturated rings. The fourth-order valence-electron chi connectivity index (χ4n) is 3.94. The van der Waals surface area contributed by atoms with Crippen molar-refractivity contribution in [2.24, 2.45) is 0 Å². The molecule has 33 heavy (non-hydrogen) atoms. The van der Waals surface area contributed by atoms with Crippen molar-refractivity contribution < 1.29 is 4.79 Å². The van der Waals surface area contributed by atoms with E-state index < -0.39 is 0 Å². The van der Waals surface area contributed by atoms with Crippen LogP contribution in [0.25, 0.3) is 21.9 Å². The number of amides is 1. The van der Waals surface area contributed by atoms with E-state index in [-0.39, 0.29) is 5.91 Å². The number of anilines is 4. The minimum Gasteiger partial charge on any atom is -0.371 e. The number of hydrogen-bond donors (Lipinski definition) is 5. The average molecular weight is 440 g/mol. The van der Waals surface area contributed by atoms with Crippen LogP contribution in [-0.2, 0) is 0 Å². The number of rotatable bonds is 6. The van der Waals surface area contributed by atoms with Gasteiger partial charge in [0, 0.05) is 29.4 Å². The number of nitrogens with zero attached hydrogens (tertiary/aromatic N) is 2. The van der Waals surface area contributed by atoms with Crippen LogP contribution in [0.1, 0.15) is 35.7 Å². The van der Waals surface area contributed by atoms with E-state index >= 15 is 0 Å². The summed E-state index contributed by atoms with van der Waals surface area (Å²) < 4.78 is 0. The number of benzene rings is 3. The molecule has 166 valence electrons. The van der Waals surface area contributed by atoms with Gasteiger partial charge in [0.15, 0.2) is 5.82 Å². The number of H-pyrrole nitrogens is 2. The predicted molar refractivity (Wildman–Crippen MR) is 134 cm³/mol. The lowest BCUT2D eigenvalue weighted by Gasteiger charge is -2.12. The molecule has 0 unspecified atom stereocenters. The second-order valence-electron chi connectivity index (χ2n) is 8.22. The lowest BCUT2D eigenvalue weighted by molar-refractivity contribution is 0.102. The Hall–Kier alpha value is -4.33. The molecule has 0 aliphatic rings. The molecule has 5 rings (SSSR count). The number of aromatic amines is 2. The first-order chi connectivity index (χ1) is 16.0. The third-order valence-corrected chi connectivity index (χ3v) is 5.64. The molecule has 2 heterocycles. The van der Waals surface area contributed by atoms with Crippen LogP contribution < -0.4 is 16.0 Å².